The van der Waals surface area contributed by atoms with Crippen molar-refractivity contribution < 1.29 is 14.4 Å². The number of Topliss-reactive ketones (excluding diaryl/α,β-unsaturated/α-hetero) is 1. The molecule has 0 aliphatic carbocycles. The van der Waals surface area contributed by atoms with Crippen LogP contribution in [0.25, 0.3) is 0 Å². The maximum atomic E-state index is 12.5. The second-order valence-corrected chi connectivity index (χ2v) is 5.87. The second-order valence-electron chi connectivity index (χ2n) is 4.49. The third-order valence-electron chi connectivity index (χ3n) is 3.26. The Morgan fingerprint density at radius 3 is 2.59 bits per heavy atom. The quantitative estimate of drug-likeness (QED) is 0.503. The molecule has 8 heteroatoms. The van der Waals surface area contributed by atoms with Crippen molar-refractivity contribution in [3.63, 3.8) is 0 Å². The summed E-state index contributed by atoms with van der Waals surface area (Å²) >= 11 is 7.18. The number of nitrogens with zero attached hydrogens (tertiary/aromatic N) is 1. The SMILES string of the molecule is NC(=O)N1C(=O)C(C(=O)c2cccs2)c2cc(Cl)ccc21.[CaH2]. The first kappa shape index (κ1) is 17.4. The predicted octanol–water partition coefficient (Wildman–Crippen LogP) is 1.88. The van der Waals surface area contributed by atoms with Crippen LogP contribution in [-0.2, 0) is 4.79 Å². The number of imide groups is 1. The van der Waals surface area contributed by atoms with Gasteiger partial charge in [-0.15, -0.1) is 11.3 Å². The number of urea groups is 1. The number of ketones is 1. The van der Waals surface area contributed by atoms with Gasteiger partial charge in [-0.25, -0.2) is 9.69 Å². The van der Waals surface area contributed by atoms with E-state index in [0.29, 0.717) is 21.2 Å². The number of hydrogen-bond acceptors (Lipinski definition) is 4. The van der Waals surface area contributed by atoms with Crippen molar-refractivity contribution in [3.8, 4) is 0 Å². The Morgan fingerprint density at radius 2 is 2.00 bits per heavy atom. The molecule has 1 aliphatic heterocycles. The molecule has 2 aromatic rings. The van der Waals surface area contributed by atoms with Crippen LogP contribution < -0.4 is 10.6 Å². The molecule has 0 spiro atoms. The number of halogens is 1. The standard InChI is InChI=1S/C14H9ClN2O3S.Ca.2H/c15-7-3-4-9-8(6-7)11(13(19)17(9)14(16)20)12(18)10-2-1-5-21-10;;;/h1-6,11H,(H2,16,20);;;. The van der Waals surface area contributed by atoms with E-state index in [1.165, 1.54) is 23.5 Å². The van der Waals surface area contributed by atoms with E-state index in [2.05, 4.69) is 0 Å². The van der Waals surface area contributed by atoms with Gasteiger partial charge in [0.05, 0.1) is 10.6 Å². The number of nitrogens with two attached hydrogens (primary N) is 1. The van der Waals surface area contributed by atoms with Gasteiger partial charge in [-0.2, -0.15) is 0 Å². The minimum atomic E-state index is -1.08. The monoisotopic (exact) mass is 362 g/mol. The molecular formula is C14H11CaClN2O3S. The molecule has 0 radical (unpaired) electrons. The minimum absolute atomic E-state index is 0. The van der Waals surface area contributed by atoms with Crippen molar-refractivity contribution >= 4 is 84.1 Å². The fourth-order valence-electron chi connectivity index (χ4n) is 2.38. The normalized spacial score (nSPS) is 16.1. The molecule has 1 aromatic heterocycles. The molecule has 5 nitrogen and oxygen atoms in total. The first-order valence-corrected chi connectivity index (χ1v) is 7.27. The fraction of sp³-hybridized carbons (Fsp3) is 0.0714. The Bertz CT molecular complexity index is 763. The molecule has 3 amide bonds. The van der Waals surface area contributed by atoms with Crippen LogP contribution in [0.15, 0.2) is 35.7 Å². The molecule has 0 bridgehead atoms. The molecule has 1 aliphatic rings. The summed E-state index contributed by atoms with van der Waals surface area (Å²) < 4.78 is 0. The third kappa shape index (κ3) is 2.81. The van der Waals surface area contributed by atoms with E-state index in [4.69, 9.17) is 17.3 Å². The van der Waals surface area contributed by atoms with Gasteiger partial charge >= 0.3 is 43.8 Å². The van der Waals surface area contributed by atoms with E-state index in [9.17, 15) is 14.4 Å². The number of thiophene rings is 1. The van der Waals surface area contributed by atoms with Crippen LogP contribution in [0.2, 0.25) is 5.02 Å². The van der Waals surface area contributed by atoms with Crippen LogP contribution in [0.3, 0.4) is 0 Å². The van der Waals surface area contributed by atoms with Crippen molar-refractivity contribution in [2.75, 3.05) is 4.90 Å². The Morgan fingerprint density at radius 1 is 1.27 bits per heavy atom. The maximum absolute atomic E-state index is 12.5. The van der Waals surface area contributed by atoms with Crippen LogP contribution in [0.4, 0.5) is 10.5 Å². The average Bonchev–Trinajstić information content (AvgIpc) is 3.03. The Balaban J connectivity index is 0.00000176. The summed E-state index contributed by atoms with van der Waals surface area (Å²) in [6.07, 6.45) is 0. The van der Waals surface area contributed by atoms with E-state index >= 15 is 0 Å². The zero-order valence-corrected chi connectivity index (χ0v) is 12.1. The molecule has 0 fully saturated rings. The van der Waals surface area contributed by atoms with Crippen LogP contribution >= 0.6 is 22.9 Å². The van der Waals surface area contributed by atoms with E-state index in [0.717, 1.165) is 4.90 Å². The van der Waals surface area contributed by atoms with Crippen molar-refractivity contribution in [1.29, 1.82) is 0 Å². The number of carbonyl (C=O) groups is 3. The van der Waals surface area contributed by atoms with Gasteiger partial charge in [0.15, 0.2) is 5.78 Å². The number of anilines is 1. The number of carbonyl (C=O) groups excluding carboxylic acids is 3. The van der Waals surface area contributed by atoms with Gasteiger partial charge in [0, 0.05) is 5.02 Å². The van der Waals surface area contributed by atoms with E-state index in [1.54, 1.807) is 23.6 Å². The molecule has 1 atom stereocenters. The molecule has 1 unspecified atom stereocenters. The fourth-order valence-corrected chi connectivity index (χ4v) is 3.26. The van der Waals surface area contributed by atoms with Crippen molar-refractivity contribution in [1.82, 2.24) is 0 Å². The average molecular weight is 363 g/mol. The molecule has 0 saturated heterocycles. The van der Waals surface area contributed by atoms with Crippen LogP contribution in [0, 0.1) is 0 Å². The number of fused-ring (bicyclic) bond motifs is 1. The summed E-state index contributed by atoms with van der Waals surface area (Å²) in [6, 6.07) is 7.03. The molecule has 2 heterocycles. The Hall–Kier alpha value is -0.920. The number of primary amides is 1. The molecule has 1 aromatic carbocycles. The molecule has 0 saturated carbocycles. The predicted molar refractivity (Wildman–Crippen MR) is 88.5 cm³/mol. The zero-order valence-electron chi connectivity index (χ0n) is 10.6. The third-order valence-corrected chi connectivity index (χ3v) is 4.37. The Kier molecular flexibility index (Phi) is 5.29. The van der Waals surface area contributed by atoms with Gasteiger partial charge in [0.2, 0.25) is 0 Å². The number of amides is 3. The van der Waals surface area contributed by atoms with E-state index < -0.39 is 17.9 Å². The first-order valence-electron chi connectivity index (χ1n) is 6.01. The second kappa shape index (κ2) is 6.68. The summed E-state index contributed by atoms with van der Waals surface area (Å²) in [6.45, 7) is 0. The molecule has 110 valence electrons. The first-order chi connectivity index (χ1) is 10.0. The summed E-state index contributed by atoms with van der Waals surface area (Å²) in [7, 11) is 0. The van der Waals surface area contributed by atoms with Crippen molar-refractivity contribution in [2.45, 2.75) is 5.92 Å². The van der Waals surface area contributed by atoms with Crippen LogP contribution in [0.1, 0.15) is 21.2 Å². The van der Waals surface area contributed by atoms with Crippen LogP contribution in [0.5, 0.6) is 0 Å². The van der Waals surface area contributed by atoms with Gasteiger partial charge in [0.1, 0.15) is 5.92 Å². The summed E-state index contributed by atoms with van der Waals surface area (Å²) in [5.74, 6) is -2.08. The van der Waals surface area contributed by atoms with E-state index in [1.807, 2.05) is 0 Å². The number of hydrogen-bond donors (Lipinski definition) is 1. The van der Waals surface area contributed by atoms with Gasteiger partial charge in [0.25, 0.3) is 5.91 Å². The molecule has 22 heavy (non-hydrogen) atoms. The van der Waals surface area contributed by atoms with Crippen molar-refractivity contribution in [2.24, 2.45) is 5.73 Å². The summed E-state index contributed by atoms with van der Waals surface area (Å²) in [5, 5.41) is 2.13. The van der Waals surface area contributed by atoms with E-state index in [-0.39, 0.29) is 43.5 Å². The van der Waals surface area contributed by atoms with Gasteiger partial charge < -0.3 is 5.73 Å². The molecular weight excluding hydrogens is 352 g/mol. The van der Waals surface area contributed by atoms with Crippen LogP contribution in [-0.4, -0.2) is 55.5 Å². The Labute approximate surface area is 165 Å². The summed E-state index contributed by atoms with van der Waals surface area (Å²) in [5.41, 5.74) is 5.97. The number of benzene rings is 1. The summed E-state index contributed by atoms with van der Waals surface area (Å²) in [4.78, 5) is 37.7. The van der Waals surface area contributed by atoms with Gasteiger partial charge in [-0.1, -0.05) is 17.7 Å². The van der Waals surface area contributed by atoms with Crippen molar-refractivity contribution in [3.05, 3.63) is 51.2 Å². The van der Waals surface area contributed by atoms with Gasteiger partial charge in [-0.05, 0) is 35.2 Å². The topological polar surface area (TPSA) is 80.5 Å². The zero-order chi connectivity index (χ0) is 15.1. The van der Waals surface area contributed by atoms with Gasteiger partial charge in [-0.3, -0.25) is 9.59 Å². The molecule has 3 rings (SSSR count). The number of rotatable bonds is 2. The molecule has 2 N–H and O–H groups in total.